The summed E-state index contributed by atoms with van der Waals surface area (Å²) in [6.45, 7) is 0. The van der Waals surface area contributed by atoms with E-state index in [4.69, 9.17) is 0 Å². The van der Waals surface area contributed by atoms with Gasteiger partial charge >= 0.3 is 0 Å². The van der Waals surface area contributed by atoms with Crippen LogP contribution in [0.5, 0.6) is 0 Å². The predicted molar refractivity (Wildman–Crippen MR) is 80.8 cm³/mol. The summed E-state index contributed by atoms with van der Waals surface area (Å²) in [5.74, 6) is -0.743. The molecule has 0 bridgehead atoms. The molecule has 0 aliphatic heterocycles. The van der Waals surface area contributed by atoms with Crippen molar-refractivity contribution >= 4 is 33.3 Å². The summed E-state index contributed by atoms with van der Waals surface area (Å²) in [6, 6.07) is 5.10. The molecule has 108 valence electrons. The molecule has 0 spiro atoms. The fraction of sp³-hybridized carbons (Fsp3) is 0.143. The van der Waals surface area contributed by atoms with Crippen molar-refractivity contribution in [2.24, 2.45) is 7.05 Å². The molecule has 0 N–H and O–H groups in total. The van der Waals surface area contributed by atoms with Gasteiger partial charge < -0.3 is 0 Å². The second-order valence-electron chi connectivity index (χ2n) is 4.42. The maximum absolute atomic E-state index is 13.6. The van der Waals surface area contributed by atoms with Crippen molar-refractivity contribution in [2.45, 2.75) is 10.9 Å². The molecule has 0 fully saturated rings. The van der Waals surface area contributed by atoms with Crippen LogP contribution in [0.3, 0.4) is 0 Å². The lowest BCUT2D eigenvalue weighted by Crippen LogP contribution is -2.18. The van der Waals surface area contributed by atoms with Gasteiger partial charge in [-0.05, 0) is 29.6 Å². The number of rotatable bonds is 3. The molecule has 0 aliphatic rings. The van der Waals surface area contributed by atoms with E-state index in [0.717, 1.165) is 18.2 Å². The summed E-state index contributed by atoms with van der Waals surface area (Å²) < 4.78 is 28.8. The zero-order valence-electron chi connectivity index (χ0n) is 11.0. The smallest absolute Gasteiger partial charge is 0.271 e. The first kappa shape index (κ1) is 14.2. The molecule has 3 rings (SSSR count). The van der Waals surface area contributed by atoms with Gasteiger partial charge in [0.05, 0.1) is 5.52 Å². The fourth-order valence-electron chi connectivity index (χ4n) is 1.89. The molecule has 0 radical (unpaired) electrons. The number of fused-ring (bicyclic) bond motifs is 1. The lowest BCUT2D eigenvalue weighted by Gasteiger charge is -2.07. The third kappa shape index (κ3) is 2.71. The second kappa shape index (κ2) is 5.57. The van der Waals surface area contributed by atoms with Gasteiger partial charge in [0.2, 0.25) is 0 Å². The Kier molecular flexibility index (Phi) is 3.77. The normalized spacial score (nSPS) is 11.2. The van der Waals surface area contributed by atoms with Crippen LogP contribution in [0.15, 0.2) is 39.6 Å². The minimum Gasteiger partial charge on any atom is -0.290 e. The van der Waals surface area contributed by atoms with Crippen LogP contribution in [0.2, 0.25) is 0 Å². The zero-order chi connectivity index (χ0) is 15.0. The molecule has 1 aromatic carbocycles. The zero-order valence-corrected chi connectivity index (χ0v) is 12.6. The van der Waals surface area contributed by atoms with Crippen LogP contribution in [0.25, 0.3) is 10.2 Å². The van der Waals surface area contributed by atoms with Gasteiger partial charge in [0, 0.05) is 18.4 Å². The van der Waals surface area contributed by atoms with Gasteiger partial charge in [0.25, 0.3) is 5.56 Å². The summed E-state index contributed by atoms with van der Waals surface area (Å²) in [7, 11) is 1.62. The predicted octanol–water partition coefficient (Wildman–Crippen LogP) is 3.57. The average Bonchev–Trinajstić information content (AvgIpc) is 2.93. The van der Waals surface area contributed by atoms with E-state index in [1.807, 2.05) is 0 Å². The van der Waals surface area contributed by atoms with Crippen LogP contribution >= 0.6 is 23.1 Å². The Morgan fingerprint density at radius 2 is 2.14 bits per heavy atom. The van der Waals surface area contributed by atoms with E-state index in [2.05, 4.69) is 4.98 Å². The van der Waals surface area contributed by atoms with E-state index in [9.17, 15) is 13.6 Å². The van der Waals surface area contributed by atoms with Gasteiger partial charge in [-0.15, -0.1) is 11.3 Å². The molecule has 0 atom stereocenters. The van der Waals surface area contributed by atoms with Gasteiger partial charge in [-0.25, -0.2) is 13.8 Å². The third-order valence-corrected chi connectivity index (χ3v) is 4.98. The number of thioether (sulfide) groups is 1. The number of hydrogen-bond acceptors (Lipinski definition) is 4. The van der Waals surface area contributed by atoms with E-state index < -0.39 is 11.6 Å². The van der Waals surface area contributed by atoms with Crippen LogP contribution in [0.4, 0.5) is 8.78 Å². The topological polar surface area (TPSA) is 34.9 Å². The molecular weight excluding hydrogens is 314 g/mol. The number of hydrogen-bond donors (Lipinski definition) is 0. The lowest BCUT2D eigenvalue weighted by atomic mass is 10.2. The quantitative estimate of drug-likeness (QED) is 0.546. The van der Waals surface area contributed by atoms with Crippen molar-refractivity contribution in [3.05, 3.63) is 57.2 Å². The molecule has 0 unspecified atom stereocenters. The Morgan fingerprint density at radius 3 is 2.95 bits per heavy atom. The lowest BCUT2D eigenvalue weighted by molar-refractivity contribution is 0.591. The van der Waals surface area contributed by atoms with E-state index >= 15 is 0 Å². The molecule has 3 nitrogen and oxygen atoms in total. The van der Waals surface area contributed by atoms with Crippen molar-refractivity contribution < 1.29 is 8.78 Å². The molecule has 3 aromatic rings. The van der Waals surface area contributed by atoms with Gasteiger partial charge in [-0.3, -0.25) is 9.36 Å². The van der Waals surface area contributed by atoms with Crippen LogP contribution < -0.4 is 5.56 Å². The van der Waals surface area contributed by atoms with Gasteiger partial charge in [-0.1, -0.05) is 11.8 Å². The number of aromatic nitrogens is 2. The first-order chi connectivity index (χ1) is 10.1. The maximum atomic E-state index is 13.6. The summed E-state index contributed by atoms with van der Waals surface area (Å²) in [6.07, 6.45) is 0. The maximum Gasteiger partial charge on any atom is 0.271 e. The van der Waals surface area contributed by atoms with Crippen molar-refractivity contribution in [1.29, 1.82) is 0 Å². The van der Waals surface area contributed by atoms with Crippen LogP contribution in [-0.2, 0) is 12.8 Å². The minimum absolute atomic E-state index is 0.128. The Hall–Kier alpha value is -1.73. The highest BCUT2D eigenvalue weighted by atomic mass is 32.2. The summed E-state index contributed by atoms with van der Waals surface area (Å²) in [4.78, 5) is 16.5. The molecule has 7 heteroatoms. The Balaban J connectivity index is 1.93. The molecule has 2 heterocycles. The van der Waals surface area contributed by atoms with Crippen molar-refractivity contribution in [2.75, 3.05) is 0 Å². The van der Waals surface area contributed by atoms with E-state index in [0.29, 0.717) is 15.4 Å². The third-order valence-electron chi connectivity index (χ3n) is 3.01. The van der Waals surface area contributed by atoms with Crippen molar-refractivity contribution in [1.82, 2.24) is 9.55 Å². The first-order valence-corrected chi connectivity index (χ1v) is 7.94. The highest BCUT2D eigenvalue weighted by Gasteiger charge is 2.11. The highest BCUT2D eigenvalue weighted by molar-refractivity contribution is 7.98. The molecule has 0 saturated carbocycles. The molecular formula is C14H10F2N2OS2. The standard InChI is InChI=1S/C14H10F2N2OS2/c1-18-13(19)12-11(4-5-20-12)17-14(18)21-7-8-6-9(15)2-3-10(8)16/h2-6H,7H2,1H3. The van der Waals surface area contributed by atoms with Gasteiger partial charge in [0.15, 0.2) is 5.16 Å². The minimum atomic E-state index is -0.484. The van der Waals surface area contributed by atoms with E-state index in [-0.39, 0.29) is 16.9 Å². The molecule has 2 aromatic heterocycles. The number of halogens is 2. The van der Waals surface area contributed by atoms with Gasteiger partial charge in [-0.2, -0.15) is 0 Å². The van der Waals surface area contributed by atoms with Crippen LogP contribution in [-0.4, -0.2) is 9.55 Å². The summed E-state index contributed by atoms with van der Waals surface area (Å²) in [5, 5.41) is 2.29. The number of thiophene rings is 1. The molecule has 21 heavy (non-hydrogen) atoms. The van der Waals surface area contributed by atoms with Crippen molar-refractivity contribution in [3.8, 4) is 0 Å². The van der Waals surface area contributed by atoms with E-state index in [1.54, 1.807) is 18.5 Å². The van der Waals surface area contributed by atoms with Gasteiger partial charge in [0.1, 0.15) is 16.3 Å². The molecule has 0 aliphatic carbocycles. The summed E-state index contributed by atoms with van der Waals surface area (Å²) in [5.41, 5.74) is 0.752. The van der Waals surface area contributed by atoms with Crippen molar-refractivity contribution in [3.63, 3.8) is 0 Å². The molecule has 0 amide bonds. The molecule has 0 saturated heterocycles. The van der Waals surface area contributed by atoms with E-state index in [1.165, 1.54) is 27.7 Å². The monoisotopic (exact) mass is 324 g/mol. The Labute approximate surface area is 127 Å². The Morgan fingerprint density at radius 1 is 1.33 bits per heavy atom. The largest absolute Gasteiger partial charge is 0.290 e. The highest BCUT2D eigenvalue weighted by Crippen LogP contribution is 2.24. The fourth-order valence-corrected chi connectivity index (χ4v) is 3.64. The Bertz CT molecular complexity index is 873. The second-order valence-corrected chi connectivity index (χ2v) is 6.28. The average molecular weight is 324 g/mol. The number of benzene rings is 1. The summed E-state index contributed by atoms with van der Waals surface area (Å²) >= 11 is 2.55. The first-order valence-electron chi connectivity index (χ1n) is 6.07. The SMILES string of the molecule is Cn1c(SCc2cc(F)ccc2F)nc2ccsc2c1=O. The number of nitrogens with zero attached hydrogens (tertiary/aromatic N) is 2. The van der Waals surface area contributed by atoms with Crippen LogP contribution in [0, 0.1) is 11.6 Å². The van der Waals surface area contributed by atoms with Crippen LogP contribution in [0.1, 0.15) is 5.56 Å².